The van der Waals surface area contributed by atoms with E-state index in [-0.39, 0.29) is 11.5 Å². The van der Waals surface area contributed by atoms with Crippen LogP contribution in [-0.2, 0) is 0 Å². The van der Waals surface area contributed by atoms with Crippen molar-refractivity contribution in [3.05, 3.63) is 38.3 Å². The number of rotatable bonds is 2. The molecule has 19 heavy (non-hydrogen) atoms. The van der Waals surface area contributed by atoms with E-state index < -0.39 is 0 Å². The second kappa shape index (κ2) is 5.05. The number of benzene rings is 1. The van der Waals surface area contributed by atoms with Crippen molar-refractivity contribution in [2.45, 2.75) is 27.7 Å². The van der Waals surface area contributed by atoms with Crippen LogP contribution in [0.15, 0.2) is 6.20 Å². The fourth-order valence-electron chi connectivity index (χ4n) is 1.95. The second-order valence-electron chi connectivity index (χ2n) is 4.63. The standard InChI is InChI=1S/C15H17NO2S/c1-8-7-16-13(19-8)6-5-12-11(4)14(17)9(2)10(3)15(12)18/h5-7,17-18H,1-4H3/b6-5+. The van der Waals surface area contributed by atoms with Crippen LogP contribution in [0.2, 0.25) is 0 Å². The quantitative estimate of drug-likeness (QED) is 0.816. The molecule has 0 fully saturated rings. The third kappa shape index (κ3) is 2.49. The molecule has 1 aromatic heterocycles. The van der Waals surface area contributed by atoms with Crippen LogP contribution in [0.5, 0.6) is 11.5 Å². The van der Waals surface area contributed by atoms with Gasteiger partial charge in [0.2, 0.25) is 0 Å². The van der Waals surface area contributed by atoms with E-state index in [0.717, 1.165) is 15.4 Å². The number of thiazole rings is 1. The number of aryl methyl sites for hydroxylation is 1. The van der Waals surface area contributed by atoms with Crippen molar-refractivity contribution in [1.82, 2.24) is 4.98 Å². The molecule has 2 aromatic rings. The number of nitrogens with zero attached hydrogens (tertiary/aromatic N) is 1. The molecule has 3 nitrogen and oxygen atoms in total. The molecular formula is C15H17NO2S. The molecule has 0 amide bonds. The molecule has 0 aliphatic rings. The van der Waals surface area contributed by atoms with Crippen molar-refractivity contribution < 1.29 is 10.2 Å². The monoisotopic (exact) mass is 275 g/mol. The Morgan fingerprint density at radius 1 is 0.947 bits per heavy atom. The lowest BCUT2D eigenvalue weighted by molar-refractivity contribution is 0.448. The van der Waals surface area contributed by atoms with Gasteiger partial charge >= 0.3 is 0 Å². The van der Waals surface area contributed by atoms with E-state index in [0.29, 0.717) is 16.7 Å². The summed E-state index contributed by atoms with van der Waals surface area (Å²) in [6.07, 6.45) is 5.47. The molecule has 0 aliphatic carbocycles. The van der Waals surface area contributed by atoms with Crippen LogP contribution in [0.25, 0.3) is 12.2 Å². The van der Waals surface area contributed by atoms with Crippen LogP contribution >= 0.6 is 11.3 Å². The summed E-state index contributed by atoms with van der Waals surface area (Å²) in [6.45, 7) is 7.40. The first-order valence-corrected chi connectivity index (χ1v) is 6.85. The number of phenols is 2. The van der Waals surface area contributed by atoms with E-state index in [4.69, 9.17) is 0 Å². The molecule has 1 aromatic carbocycles. The zero-order valence-electron chi connectivity index (χ0n) is 11.5. The van der Waals surface area contributed by atoms with Crippen LogP contribution in [0.3, 0.4) is 0 Å². The molecule has 0 radical (unpaired) electrons. The average molecular weight is 275 g/mol. The van der Waals surface area contributed by atoms with Gasteiger partial charge in [-0.15, -0.1) is 11.3 Å². The summed E-state index contributed by atoms with van der Waals surface area (Å²) in [7, 11) is 0. The number of aromatic hydroxyl groups is 2. The maximum Gasteiger partial charge on any atom is 0.126 e. The molecule has 0 spiro atoms. The van der Waals surface area contributed by atoms with E-state index >= 15 is 0 Å². The summed E-state index contributed by atoms with van der Waals surface area (Å²) in [5.41, 5.74) is 2.76. The molecule has 0 bridgehead atoms. The van der Waals surface area contributed by atoms with Crippen LogP contribution in [0, 0.1) is 27.7 Å². The number of hydrogen-bond acceptors (Lipinski definition) is 4. The molecule has 0 atom stereocenters. The highest BCUT2D eigenvalue weighted by Crippen LogP contribution is 2.37. The number of hydrogen-bond donors (Lipinski definition) is 2. The van der Waals surface area contributed by atoms with Gasteiger partial charge < -0.3 is 10.2 Å². The van der Waals surface area contributed by atoms with E-state index in [1.807, 2.05) is 19.2 Å². The van der Waals surface area contributed by atoms with Crippen molar-refractivity contribution in [3.63, 3.8) is 0 Å². The first kappa shape index (κ1) is 13.6. The van der Waals surface area contributed by atoms with Gasteiger partial charge in [0.1, 0.15) is 16.5 Å². The zero-order valence-corrected chi connectivity index (χ0v) is 12.3. The summed E-state index contributed by atoms with van der Waals surface area (Å²) < 4.78 is 0. The predicted molar refractivity (Wildman–Crippen MR) is 79.8 cm³/mol. The van der Waals surface area contributed by atoms with Gasteiger partial charge in [0.15, 0.2) is 0 Å². The van der Waals surface area contributed by atoms with Gasteiger partial charge in [-0.05, 0) is 51.0 Å². The van der Waals surface area contributed by atoms with Gasteiger partial charge in [0, 0.05) is 22.2 Å². The molecule has 0 saturated heterocycles. The molecule has 2 rings (SSSR count). The summed E-state index contributed by atoms with van der Waals surface area (Å²) in [6, 6.07) is 0. The largest absolute Gasteiger partial charge is 0.507 e. The number of aromatic nitrogens is 1. The molecule has 4 heteroatoms. The van der Waals surface area contributed by atoms with Gasteiger partial charge in [0.25, 0.3) is 0 Å². The van der Waals surface area contributed by atoms with Crippen LogP contribution in [0.4, 0.5) is 0 Å². The third-order valence-corrected chi connectivity index (χ3v) is 4.20. The van der Waals surface area contributed by atoms with Gasteiger partial charge in [-0.3, -0.25) is 0 Å². The molecule has 0 unspecified atom stereocenters. The maximum atomic E-state index is 10.2. The van der Waals surface area contributed by atoms with E-state index in [1.54, 1.807) is 38.2 Å². The Hall–Kier alpha value is -1.81. The van der Waals surface area contributed by atoms with Crippen LogP contribution < -0.4 is 0 Å². The van der Waals surface area contributed by atoms with Gasteiger partial charge in [-0.25, -0.2) is 4.98 Å². The smallest absolute Gasteiger partial charge is 0.126 e. The van der Waals surface area contributed by atoms with Crippen molar-refractivity contribution in [2.75, 3.05) is 0 Å². The SMILES string of the molecule is Cc1cnc(/C=C/c2c(C)c(O)c(C)c(C)c2O)s1. The second-order valence-corrected chi connectivity index (χ2v) is 5.89. The Bertz CT molecular complexity index is 627. The zero-order chi connectivity index (χ0) is 14.2. The molecule has 100 valence electrons. The predicted octanol–water partition coefficient (Wildman–Crippen LogP) is 3.96. The summed E-state index contributed by atoms with van der Waals surface area (Å²) in [4.78, 5) is 5.38. The third-order valence-electron chi connectivity index (χ3n) is 3.32. The summed E-state index contributed by atoms with van der Waals surface area (Å²) in [5.74, 6) is 0.461. The fourth-order valence-corrected chi connectivity index (χ4v) is 2.63. The maximum absolute atomic E-state index is 10.2. The topological polar surface area (TPSA) is 53.4 Å². The molecule has 0 aliphatic heterocycles. The Kier molecular flexibility index (Phi) is 3.62. The van der Waals surface area contributed by atoms with E-state index in [1.165, 1.54) is 0 Å². The van der Waals surface area contributed by atoms with Gasteiger partial charge in [-0.1, -0.05) is 0 Å². The Balaban J connectivity index is 2.49. The minimum atomic E-state index is 0.220. The Morgan fingerprint density at radius 3 is 2.16 bits per heavy atom. The highest BCUT2D eigenvalue weighted by atomic mass is 32.1. The van der Waals surface area contributed by atoms with Gasteiger partial charge in [-0.2, -0.15) is 0 Å². The summed E-state index contributed by atoms with van der Waals surface area (Å²) in [5, 5.41) is 21.1. The van der Waals surface area contributed by atoms with E-state index in [9.17, 15) is 10.2 Å². The lowest BCUT2D eigenvalue weighted by Crippen LogP contribution is -1.91. The Morgan fingerprint density at radius 2 is 1.58 bits per heavy atom. The van der Waals surface area contributed by atoms with Crippen molar-refractivity contribution >= 4 is 23.5 Å². The fraction of sp³-hybridized carbons (Fsp3) is 0.267. The van der Waals surface area contributed by atoms with Crippen molar-refractivity contribution in [2.24, 2.45) is 0 Å². The molecule has 1 heterocycles. The number of phenolic OH excluding ortho intramolecular Hbond substituents is 2. The highest BCUT2D eigenvalue weighted by Gasteiger charge is 2.14. The Labute approximate surface area is 116 Å². The van der Waals surface area contributed by atoms with Gasteiger partial charge in [0.05, 0.1) is 0 Å². The van der Waals surface area contributed by atoms with Crippen molar-refractivity contribution in [3.8, 4) is 11.5 Å². The van der Waals surface area contributed by atoms with Crippen LogP contribution in [0.1, 0.15) is 32.1 Å². The minimum Gasteiger partial charge on any atom is -0.507 e. The van der Waals surface area contributed by atoms with Crippen molar-refractivity contribution in [1.29, 1.82) is 0 Å². The molecule has 0 saturated carbocycles. The lowest BCUT2D eigenvalue weighted by atomic mass is 9.97. The first-order valence-electron chi connectivity index (χ1n) is 6.04. The summed E-state index contributed by atoms with van der Waals surface area (Å²) >= 11 is 1.59. The minimum absolute atomic E-state index is 0.220. The molecular weight excluding hydrogens is 258 g/mol. The van der Waals surface area contributed by atoms with Crippen LogP contribution in [-0.4, -0.2) is 15.2 Å². The lowest BCUT2D eigenvalue weighted by Gasteiger charge is -2.13. The average Bonchev–Trinajstić information content (AvgIpc) is 2.80. The van der Waals surface area contributed by atoms with E-state index in [2.05, 4.69) is 4.98 Å². The first-order chi connectivity index (χ1) is 8.91. The normalized spacial score (nSPS) is 11.4. The molecule has 2 N–H and O–H groups in total. The highest BCUT2D eigenvalue weighted by molar-refractivity contribution is 7.12.